The Morgan fingerprint density at radius 1 is 1.37 bits per heavy atom. The molecule has 0 radical (unpaired) electrons. The van der Waals surface area contributed by atoms with Crippen molar-refractivity contribution >= 4 is 17.4 Å². The van der Waals surface area contributed by atoms with Gasteiger partial charge in [-0.25, -0.2) is 4.98 Å². The van der Waals surface area contributed by atoms with E-state index in [2.05, 4.69) is 10.3 Å². The molecule has 0 atom stereocenters. The molecule has 19 heavy (non-hydrogen) atoms. The molecule has 2 rings (SSSR count). The number of benzene rings is 1. The summed E-state index contributed by atoms with van der Waals surface area (Å²) in [6, 6.07) is 10.4. The first kappa shape index (κ1) is 12.9. The van der Waals surface area contributed by atoms with E-state index in [4.69, 9.17) is 10.5 Å². The van der Waals surface area contributed by atoms with Crippen LogP contribution in [0.5, 0.6) is 5.75 Å². The topological polar surface area (TPSA) is 77.2 Å². The molecule has 0 spiro atoms. The zero-order chi connectivity index (χ0) is 13.7. The number of nitrogens with zero attached hydrogens (tertiary/aromatic N) is 1. The summed E-state index contributed by atoms with van der Waals surface area (Å²) in [4.78, 5) is 15.8. The van der Waals surface area contributed by atoms with E-state index < -0.39 is 0 Å². The minimum Gasteiger partial charge on any atom is -0.494 e. The second-order valence-corrected chi connectivity index (χ2v) is 3.89. The van der Waals surface area contributed by atoms with Crippen LogP contribution in [0.2, 0.25) is 0 Å². The zero-order valence-corrected chi connectivity index (χ0v) is 10.6. The lowest BCUT2D eigenvalue weighted by Crippen LogP contribution is -2.12. The number of carbonyl (C=O) groups excluding carboxylic acids is 1. The van der Waals surface area contributed by atoms with E-state index >= 15 is 0 Å². The van der Waals surface area contributed by atoms with Gasteiger partial charge in [-0.1, -0.05) is 6.07 Å². The fourth-order valence-electron chi connectivity index (χ4n) is 1.57. The van der Waals surface area contributed by atoms with Crippen molar-refractivity contribution in [1.29, 1.82) is 0 Å². The molecular weight excluding hydrogens is 242 g/mol. The molecule has 3 N–H and O–H groups in total. The van der Waals surface area contributed by atoms with Crippen LogP contribution in [0.3, 0.4) is 0 Å². The second kappa shape index (κ2) is 5.86. The lowest BCUT2D eigenvalue weighted by atomic mass is 10.2. The van der Waals surface area contributed by atoms with Gasteiger partial charge < -0.3 is 15.8 Å². The van der Waals surface area contributed by atoms with Crippen LogP contribution in [-0.2, 0) is 0 Å². The molecule has 0 aliphatic rings. The normalized spacial score (nSPS) is 9.95. The molecule has 2 aromatic rings. The molecule has 0 bridgehead atoms. The van der Waals surface area contributed by atoms with Crippen molar-refractivity contribution in [3.63, 3.8) is 0 Å². The Balaban J connectivity index is 2.10. The molecule has 0 saturated heterocycles. The highest BCUT2D eigenvalue weighted by atomic mass is 16.5. The van der Waals surface area contributed by atoms with Crippen LogP contribution >= 0.6 is 0 Å². The molecule has 0 fully saturated rings. The van der Waals surface area contributed by atoms with E-state index in [1.54, 1.807) is 24.3 Å². The first-order chi connectivity index (χ1) is 9.19. The van der Waals surface area contributed by atoms with Crippen LogP contribution < -0.4 is 15.8 Å². The first-order valence-corrected chi connectivity index (χ1v) is 5.95. The van der Waals surface area contributed by atoms with Crippen LogP contribution in [0.25, 0.3) is 0 Å². The van der Waals surface area contributed by atoms with Gasteiger partial charge in [0.05, 0.1) is 12.2 Å². The molecular formula is C14H15N3O2. The van der Waals surface area contributed by atoms with Crippen molar-refractivity contribution < 1.29 is 9.53 Å². The smallest absolute Gasteiger partial charge is 0.257 e. The summed E-state index contributed by atoms with van der Waals surface area (Å²) >= 11 is 0. The van der Waals surface area contributed by atoms with E-state index in [9.17, 15) is 4.79 Å². The van der Waals surface area contributed by atoms with Crippen molar-refractivity contribution in [2.45, 2.75) is 6.92 Å². The Bertz CT molecular complexity index is 567. The number of hydrogen-bond donors (Lipinski definition) is 2. The monoisotopic (exact) mass is 257 g/mol. The lowest BCUT2D eigenvalue weighted by molar-refractivity contribution is 0.102. The summed E-state index contributed by atoms with van der Waals surface area (Å²) in [5.41, 5.74) is 6.60. The molecule has 98 valence electrons. The van der Waals surface area contributed by atoms with Gasteiger partial charge in [0.2, 0.25) is 0 Å². The second-order valence-electron chi connectivity index (χ2n) is 3.89. The van der Waals surface area contributed by atoms with Crippen LogP contribution in [0.1, 0.15) is 17.3 Å². The minimum atomic E-state index is -0.235. The average Bonchev–Trinajstić information content (AvgIpc) is 2.40. The van der Waals surface area contributed by atoms with Gasteiger partial charge in [-0.3, -0.25) is 4.79 Å². The van der Waals surface area contributed by atoms with Gasteiger partial charge in [0.25, 0.3) is 5.91 Å². The predicted octanol–water partition coefficient (Wildman–Crippen LogP) is 2.31. The number of hydrogen-bond acceptors (Lipinski definition) is 4. The fourth-order valence-corrected chi connectivity index (χ4v) is 1.57. The van der Waals surface area contributed by atoms with E-state index in [1.807, 2.05) is 19.1 Å². The Labute approximate surface area is 111 Å². The Morgan fingerprint density at radius 3 is 2.89 bits per heavy atom. The summed E-state index contributed by atoms with van der Waals surface area (Å²) in [5, 5.41) is 2.78. The summed E-state index contributed by atoms with van der Waals surface area (Å²) < 4.78 is 5.37. The standard InChI is InChI=1S/C14H15N3O2/c1-2-19-12-5-3-4-11(8-12)17-14(18)10-6-7-13(15)16-9-10/h3-9H,2H2,1H3,(H2,15,16)(H,17,18). The Kier molecular flexibility index (Phi) is 3.97. The molecule has 0 saturated carbocycles. The van der Waals surface area contributed by atoms with Crippen molar-refractivity contribution in [3.05, 3.63) is 48.2 Å². The summed E-state index contributed by atoms with van der Waals surface area (Å²) in [6.45, 7) is 2.49. The highest BCUT2D eigenvalue weighted by Gasteiger charge is 2.06. The molecule has 5 nitrogen and oxygen atoms in total. The largest absolute Gasteiger partial charge is 0.494 e. The number of nitrogen functional groups attached to an aromatic ring is 1. The van der Waals surface area contributed by atoms with Crippen molar-refractivity contribution in [2.24, 2.45) is 0 Å². The molecule has 0 aliphatic carbocycles. The number of rotatable bonds is 4. The fraction of sp³-hybridized carbons (Fsp3) is 0.143. The number of aromatic nitrogens is 1. The van der Waals surface area contributed by atoms with Crippen LogP contribution in [0.4, 0.5) is 11.5 Å². The SMILES string of the molecule is CCOc1cccc(NC(=O)c2ccc(N)nc2)c1. The summed E-state index contributed by atoms with van der Waals surface area (Å²) in [6.07, 6.45) is 1.44. The molecule has 1 amide bonds. The quantitative estimate of drug-likeness (QED) is 0.881. The Hall–Kier alpha value is -2.56. The van der Waals surface area contributed by atoms with Crippen molar-refractivity contribution in [1.82, 2.24) is 4.98 Å². The summed E-state index contributed by atoms with van der Waals surface area (Å²) in [7, 11) is 0. The highest BCUT2D eigenvalue weighted by molar-refractivity contribution is 6.04. The number of carbonyl (C=O) groups is 1. The molecule has 1 heterocycles. The number of pyridine rings is 1. The molecule has 5 heteroatoms. The van der Waals surface area contributed by atoms with Gasteiger partial charge in [0, 0.05) is 18.0 Å². The number of nitrogens with two attached hydrogens (primary N) is 1. The predicted molar refractivity (Wildman–Crippen MR) is 74.2 cm³/mol. The van der Waals surface area contributed by atoms with Crippen LogP contribution in [0.15, 0.2) is 42.6 Å². The van der Waals surface area contributed by atoms with Gasteiger partial charge >= 0.3 is 0 Å². The third-order valence-corrected chi connectivity index (χ3v) is 2.45. The number of anilines is 2. The molecule has 0 aliphatic heterocycles. The van der Waals surface area contributed by atoms with Crippen molar-refractivity contribution in [2.75, 3.05) is 17.7 Å². The third-order valence-electron chi connectivity index (χ3n) is 2.45. The third kappa shape index (κ3) is 3.45. The minimum absolute atomic E-state index is 0.235. The van der Waals surface area contributed by atoms with Crippen molar-refractivity contribution in [3.8, 4) is 5.75 Å². The van der Waals surface area contributed by atoms with Gasteiger partial charge in [0.15, 0.2) is 0 Å². The maximum absolute atomic E-state index is 12.0. The van der Waals surface area contributed by atoms with Gasteiger partial charge in [-0.2, -0.15) is 0 Å². The zero-order valence-electron chi connectivity index (χ0n) is 10.6. The number of ether oxygens (including phenoxy) is 1. The van der Waals surface area contributed by atoms with Gasteiger partial charge in [-0.05, 0) is 31.2 Å². The van der Waals surface area contributed by atoms with E-state index in [0.29, 0.717) is 23.7 Å². The first-order valence-electron chi connectivity index (χ1n) is 5.95. The van der Waals surface area contributed by atoms with E-state index in [0.717, 1.165) is 5.75 Å². The Morgan fingerprint density at radius 2 is 2.21 bits per heavy atom. The highest BCUT2D eigenvalue weighted by Crippen LogP contribution is 2.18. The maximum Gasteiger partial charge on any atom is 0.257 e. The summed E-state index contributed by atoms with van der Waals surface area (Å²) in [5.74, 6) is 0.867. The van der Waals surface area contributed by atoms with Crippen LogP contribution in [-0.4, -0.2) is 17.5 Å². The number of amides is 1. The lowest BCUT2D eigenvalue weighted by Gasteiger charge is -2.08. The molecule has 0 unspecified atom stereocenters. The van der Waals surface area contributed by atoms with Gasteiger partial charge in [-0.15, -0.1) is 0 Å². The molecule has 1 aromatic carbocycles. The van der Waals surface area contributed by atoms with Crippen LogP contribution in [0, 0.1) is 0 Å². The van der Waals surface area contributed by atoms with E-state index in [-0.39, 0.29) is 5.91 Å². The average molecular weight is 257 g/mol. The molecule has 1 aromatic heterocycles. The maximum atomic E-state index is 12.0. The van der Waals surface area contributed by atoms with Gasteiger partial charge in [0.1, 0.15) is 11.6 Å². The number of nitrogens with one attached hydrogen (secondary N) is 1. The van der Waals surface area contributed by atoms with E-state index in [1.165, 1.54) is 6.20 Å².